The summed E-state index contributed by atoms with van der Waals surface area (Å²) in [7, 11) is 3.65. The summed E-state index contributed by atoms with van der Waals surface area (Å²) in [6.07, 6.45) is -0.308. The Balaban J connectivity index is 1.57. The molecule has 3 heterocycles. The molecule has 1 aromatic carbocycles. The van der Waals surface area contributed by atoms with E-state index in [1.807, 2.05) is 20.9 Å². The van der Waals surface area contributed by atoms with E-state index in [9.17, 15) is 22.8 Å². The standard InChI is InChI=1S/C25H32F3N7O2/c1-15(2)35-14-21(36)34(4)20-13-30-24(32-22(20)35)31-18-11-16(10-17(12-18)25(26,27)28)23(37)29-8-7-19-6-5-9-33(19)3/h10-13,15,19H,5-9,14H2,1-4H3,(H,29,37)(H,30,31,32). The van der Waals surface area contributed by atoms with E-state index in [0.717, 1.165) is 37.9 Å². The van der Waals surface area contributed by atoms with Gasteiger partial charge in [-0.1, -0.05) is 0 Å². The number of halogens is 3. The van der Waals surface area contributed by atoms with Crippen molar-refractivity contribution in [2.45, 2.75) is 51.4 Å². The zero-order valence-electron chi connectivity index (χ0n) is 21.4. The first-order chi connectivity index (χ1) is 17.4. The maximum atomic E-state index is 13.7. The van der Waals surface area contributed by atoms with Crippen LogP contribution >= 0.6 is 0 Å². The van der Waals surface area contributed by atoms with E-state index in [4.69, 9.17) is 0 Å². The lowest BCUT2D eigenvalue weighted by atomic mass is 10.1. The van der Waals surface area contributed by atoms with Gasteiger partial charge in [-0.25, -0.2) is 4.98 Å². The molecule has 2 N–H and O–H groups in total. The van der Waals surface area contributed by atoms with Crippen LogP contribution in [-0.4, -0.2) is 72.5 Å². The number of aromatic nitrogens is 2. The van der Waals surface area contributed by atoms with Crippen molar-refractivity contribution in [1.82, 2.24) is 20.2 Å². The Kier molecular flexibility index (Phi) is 7.58. The van der Waals surface area contributed by atoms with Crippen molar-refractivity contribution in [3.63, 3.8) is 0 Å². The predicted molar refractivity (Wildman–Crippen MR) is 135 cm³/mol. The van der Waals surface area contributed by atoms with Crippen LogP contribution in [0.5, 0.6) is 0 Å². The maximum Gasteiger partial charge on any atom is 0.416 e. The Hall–Kier alpha value is -3.41. The molecule has 37 heavy (non-hydrogen) atoms. The normalized spacial score (nSPS) is 18.4. The van der Waals surface area contributed by atoms with Crippen molar-refractivity contribution in [3.05, 3.63) is 35.5 Å². The van der Waals surface area contributed by atoms with Crippen LogP contribution < -0.4 is 20.4 Å². The molecule has 2 aromatic rings. The van der Waals surface area contributed by atoms with Gasteiger partial charge in [-0.2, -0.15) is 18.2 Å². The Morgan fingerprint density at radius 1 is 1.22 bits per heavy atom. The average Bonchev–Trinajstić information content (AvgIpc) is 3.24. The van der Waals surface area contributed by atoms with Crippen molar-refractivity contribution in [2.24, 2.45) is 0 Å². The second-order valence-corrected chi connectivity index (χ2v) is 9.82. The third-order valence-corrected chi connectivity index (χ3v) is 6.90. The predicted octanol–water partition coefficient (Wildman–Crippen LogP) is 3.64. The van der Waals surface area contributed by atoms with Crippen LogP contribution in [0.25, 0.3) is 0 Å². The Morgan fingerprint density at radius 3 is 2.62 bits per heavy atom. The Morgan fingerprint density at radius 2 is 1.97 bits per heavy atom. The van der Waals surface area contributed by atoms with E-state index in [1.54, 1.807) is 11.9 Å². The maximum absolute atomic E-state index is 13.7. The smallest absolute Gasteiger partial charge is 0.352 e. The van der Waals surface area contributed by atoms with Crippen LogP contribution in [0, 0.1) is 0 Å². The average molecular weight is 520 g/mol. The number of alkyl halides is 3. The number of hydrogen-bond donors (Lipinski definition) is 2. The summed E-state index contributed by atoms with van der Waals surface area (Å²) >= 11 is 0. The molecule has 1 aromatic heterocycles. The molecule has 12 heteroatoms. The highest BCUT2D eigenvalue weighted by atomic mass is 19.4. The number of likely N-dealkylation sites (N-methyl/N-ethyl adjacent to an activating group) is 1. The summed E-state index contributed by atoms with van der Waals surface area (Å²) in [6, 6.07) is 3.44. The van der Waals surface area contributed by atoms with Gasteiger partial charge in [0.2, 0.25) is 11.9 Å². The molecular weight excluding hydrogens is 487 g/mol. The third-order valence-electron chi connectivity index (χ3n) is 6.90. The minimum atomic E-state index is -4.65. The lowest BCUT2D eigenvalue weighted by molar-refractivity contribution is -0.137. The molecule has 0 aliphatic carbocycles. The summed E-state index contributed by atoms with van der Waals surface area (Å²) in [4.78, 5) is 39.3. The molecule has 0 saturated carbocycles. The summed E-state index contributed by atoms with van der Waals surface area (Å²) in [5.74, 6) is -0.135. The second kappa shape index (κ2) is 10.5. The summed E-state index contributed by atoms with van der Waals surface area (Å²) in [5.41, 5.74) is -0.520. The lowest BCUT2D eigenvalue weighted by Crippen LogP contribution is -2.47. The molecule has 0 radical (unpaired) electrons. The van der Waals surface area contributed by atoms with Crippen LogP contribution in [0.15, 0.2) is 24.4 Å². The highest BCUT2D eigenvalue weighted by Gasteiger charge is 2.33. The fraction of sp³-hybridized carbons (Fsp3) is 0.520. The number of nitrogens with one attached hydrogen (secondary N) is 2. The van der Waals surface area contributed by atoms with Crippen molar-refractivity contribution >= 4 is 35.0 Å². The SMILES string of the molecule is CC(C)N1CC(=O)N(C)c2cnc(Nc3cc(C(=O)NCCC4CCCN4C)cc(C(F)(F)F)c3)nc21. The first-order valence-corrected chi connectivity index (χ1v) is 12.3. The van der Waals surface area contributed by atoms with Crippen molar-refractivity contribution < 1.29 is 22.8 Å². The van der Waals surface area contributed by atoms with E-state index in [0.29, 0.717) is 24.1 Å². The van der Waals surface area contributed by atoms with Crippen molar-refractivity contribution in [3.8, 4) is 0 Å². The molecule has 0 spiro atoms. The number of hydrogen-bond acceptors (Lipinski definition) is 7. The van der Waals surface area contributed by atoms with Gasteiger partial charge in [-0.05, 0) is 64.9 Å². The first-order valence-electron chi connectivity index (χ1n) is 12.3. The van der Waals surface area contributed by atoms with Gasteiger partial charge in [-0.3, -0.25) is 9.59 Å². The number of likely N-dealkylation sites (tertiary alicyclic amines) is 1. The van der Waals surface area contributed by atoms with Crippen LogP contribution in [0.3, 0.4) is 0 Å². The second-order valence-electron chi connectivity index (χ2n) is 9.82. The third kappa shape index (κ3) is 5.95. The fourth-order valence-corrected chi connectivity index (χ4v) is 4.68. The van der Waals surface area contributed by atoms with Gasteiger partial charge in [0.15, 0.2) is 5.82 Å². The zero-order chi connectivity index (χ0) is 26.9. The van der Waals surface area contributed by atoms with Crippen LogP contribution in [0.4, 0.5) is 36.3 Å². The lowest BCUT2D eigenvalue weighted by Gasteiger charge is -2.36. The highest BCUT2D eigenvalue weighted by molar-refractivity contribution is 6.02. The van der Waals surface area contributed by atoms with Crippen molar-refractivity contribution in [2.75, 3.05) is 48.8 Å². The first kappa shape index (κ1) is 26.6. The van der Waals surface area contributed by atoms with E-state index in [2.05, 4.69) is 25.5 Å². The number of carbonyl (C=O) groups excluding carboxylic acids is 2. The zero-order valence-corrected chi connectivity index (χ0v) is 21.4. The molecule has 2 aliphatic rings. The van der Waals surface area contributed by atoms with Crippen LogP contribution in [-0.2, 0) is 11.0 Å². The van der Waals surface area contributed by atoms with Gasteiger partial charge >= 0.3 is 6.18 Å². The number of anilines is 4. The van der Waals surface area contributed by atoms with Gasteiger partial charge < -0.3 is 25.3 Å². The molecule has 2 amide bonds. The number of amides is 2. The number of rotatable bonds is 7. The Bertz CT molecular complexity index is 1170. The molecule has 2 aliphatic heterocycles. The summed E-state index contributed by atoms with van der Waals surface area (Å²) < 4.78 is 41.0. The summed E-state index contributed by atoms with van der Waals surface area (Å²) in [6.45, 7) is 5.34. The molecule has 1 atom stereocenters. The van der Waals surface area contributed by atoms with Gasteiger partial charge in [-0.15, -0.1) is 0 Å². The molecular formula is C25H32F3N7O2. The number of nitrogens with zero attached hydrogens (tertiary/aromatic N) is 5. The molecule has 1 saturated heterocycles. The molecule has 200 valence electrons. The van der Waals surface area contributed by atoms with E-state index in [-0.39, 0.29) is 35.7 Å². The van der Waals surface area contributed by atoms with Gasteiger partial charge in [0.25, 0.3) is 5.91 Å². The monoisotopic (exact) mass is 519 g/mol. The molecule has 0 bridgehead atoms. The van der Waals surface area contributed by atoms with Gasteiger partial charge in [0.1, 0.15) is 5.69 Å². The molecule has 4 rings (SSSR count). The van der Waals surface area contributed by atoms with E-state index >= 15 is 0 Å². The van der Waals surface area contributed by atoms with Crippen LogP contribution in [0.2, 0.25) is 0 Å². The van der Waals surface area contributed by atoms with Crippen molar-refractivity contribution in [1.29, 1.82) is 0 Å². The minimum Gasteiger partial charge on any atom is -0.352 e. The number of fused-ring (bicyclic) bond motifs is 1. The number of carbonyl (C=O) groups is 2. The summed E-state index contributed by atoms with van der Waals surface area (Å²) in [5, 5.41) is 5.56. The van der Waals surface area contributed by atoms with E-state index < -0.39 is 17.6 Å². The Labute approximate surface area is 214 Å². The van der Waals surface area contributed by atoms with Crippen LogP contribution in [0.1, 0.15) is 49.0 Å². The largest absolute Gasteiger partial charge is 0.416 e. The van der Waals surface area contributed by atoms with Gasteiger partial charge in [0.05, 0.1) is 18.3 Å². The highest BCUT2D eigenvalue weighted by Crippen LogP contribution is 2.35. The topological polar surface area (TPSA) is 93.7 Å². The molecule has 9 nitrogen and oxygen atoms in total. The van der Waals surface area contributed by atoms with Gasteiger partial charge in [0, 0.05) is 36.9 Å². The van der Waals surface area contributed by atoms with E-state index in [1.165, 1.54) is 17.2 Å². The molecule has 1 fully saturated rings. The quantitative estimate of drug-likeness (QED) is 0.577. The molecule has 1 unspecified atom stereocenters. The minimum absolute atomic E-state index is 0.0341. The number of benzene rings is 1. The fourth-order valence-electron chi connectivity index (χ4n) is 4.68.